The summed E-state index contributed by atoms with van der Waals surface area (Å²) in [5.74, 6) is -0.425. The second-order valence-electron chi connectivity index (χ2n) is 4.35. The number of amides is 1. The maximum absolute atomic E-state index is 13.8. The first kappa shape index (κ1) is 13.8. The Morgan fingerprint density at radius 2 is 2.32 bits per heavy atom. The minimum absolute atomic E-state index is 0.107. The van der Waals surface area contributed by atoms with Crippen LogP contribution in [0.3, 0.4) is 0 Å². The molecule has 1 amide bonds. The van der Waals surface area contributed by atoms with E-state index in [4.69, 9.17) is 0 Å². The number of nitrogens with zero attached hydrogens (tertiary/aromatic N) is 2. The smallest absolute Gasteiger partial charge is 0.272 e. The Balaban J connectivity index is 2.21. The summed E-state index contributed by atoms with van der Waals surface area (Å²) in [6.07, 6.45) is 0. The predicted molar refractivity (Wildman–Crippen MR) is 70.9 cm³/mol. The third-order valence-corrected chi connectivity index (χ3v) is 4.06. The van der Waals surface area contributed by atoms with Gasteiger partial charge in [0.2, 0.25) is 0 Å². The molecule has 102 valence electrons. The van der Waals surface area contributed by atoms with Crippen LogP contribution in [0, 0.1) is 15.9 Å². The Bertz CT molecular complexity index is 524. The van der Waals surface area contributed by atoms with E-state index in [1.807, 2.05) is 6.92 Å². The second kappa shape index (κ2) is 5.56. The molecule has 0 spiro atoms. The molecule has 1 fully saturated rings. The van der Waals surface area contributed by atoms with E-state index in [9.17, 15) is 19.3 Å². The first-order valence-corrected chi connectivity index (χ1v) is 6.88. The van der Waals surface area contributed by atoms with Crippen LogP contribution in [0.2, 0.25) is 0 Å². The normalized spacial score (nSPS) is 19.3. The van der Waals surface area contributed by atoms with Gasteiger partial charge in [0.15, 0.2) is 0 Å². The van der Waals surface area contributed by atoms with Crippen LogP contribution in [0.25, 0.3) is 0 Å². The first-order valence-electron chi connectivity index (χ1n) is 5.84. The maximum atomic E-state index is 13.8. The molecule has 0 aromatic heterocycles. The molecule has 1 aliphatic rings. The molecule has 1 aromatic carbocycles. The van der Waals surface area contributed by atoms with Gasteiger partial charge in [-0.15, -0.1) is 0 Å². The van der Waals surface area contributed by atoms with Crippen LogP contribution < -0.4 is 0 Å². The molecule has 0 aliphatic carbocycles. The van der Waals surface area contributed by atoms with Crippen LogP contribution in [-0.4, -0.2) is 39.8 Å². The fourth-order valence-corrected chi connectivity index (χ4v) is 2.98. The van der Waals surface area contributed by atoms with Crippen LogP contribution >= 0.6 is 11.8 Å². The summed E-state index contributed by atoms with van der Waals surface area (Å²) in [7, 11) is 0. The summed E-state index contributed by atoms with van der Waals surface area (Å²) in [6, 6.07) is 3.12. The van der Waals surface area contributed by atoms with E-state index in [1.165, 1.54) is 6.07 Å². The van der Waals surface area contributed by atoms with Crippen molar-refractivity contribution in [1.29, 1.82) is 0 Å². The van der Waals surface area contributed by atoms with E-state index in [1.54, 1.807) is 16.7 Å². The quantitative estimate of drug-likeness (QED) is 0.617. The highest BCUT2D eigenvalue weighted by Crippen LogP contribution is 2.22. The predicted octanol–water partition coefficient (Wildman–Crippen LogP) is 2.31. The van der Waals surface area contributed by atoms with Crippen LogP contribution in [-0.2, 0) is 0 Å². The molecule has 2 rings (SSSR count). The molecule has 7 heteroatoms. The van der Waals surface area contributed by atoms with Gasteiger partial charge in [-0.25, -0.2) is 4.39 Å². The molecule has 0 saturated carbocycles. The van der Waals surface area contributed by atoms with Crippen molar-refractivity contribution in [1.82, 2.24) is 4.90 Å². The van der Waals surface area contributed by atoms with Crippen LogP contribution in [0.1, 0.15) is 17.3 Å². The van der Waals surface area contributed by atoms with E-state index in [2.05, 4.69) is 0 Å². The molecule has 0 N–H and O–H groups in total. The number of benzene rings is 1. The van der Waals surface area contributed by atoms with Crippen molar-refractivity contribution in [2.75, 3.05) is 18.8 Å². The molecule has 0 bridgehead atoms. The Kier molecular flexibility index (Phi) is 4.04. The highest BCUT2D eigenvalue weighted by Gasteiger charge is 2.25. The van der Waals surface area contributed by atoms with E-state index in [-0.39, 0.29) is 11.3 Å². The molecule has 1 atom stereocenters. The van der Waals surface area contributed by atoms with Crippen LogP contribution in [0.5, 0.6) is 0 Å². The molecule has 0 radical (unpaired) electrons. The number of halogens is 1. The second-order valence-corrected chi connectivity index (χ2v) is 5.90. The summed E-state index contributed by atoms with van der Waals surface area (Å²) in [5.41, 5.74) is -0.457. The molecule has 1 heterocycles. The number of non-ortho nitro benzene ring substituents is 1. The van der Waals surface area contributed by atoms with Gasteiger partial charge in [-0.05, 0) is 6.07 Å². The lowest BCUT2D eigenvalue weighted by molar-refractivity contribution is -0.385. The molecule has 5 nitrogen and oxygen atoms in total. The first-order chi connectivity index (χ1) is 8.99. The number of hydrogen-bond acceptors (Lipinski definition) is 4. The van der Waals surface area contributed by atoms with Gasteiger partial charge in [0.1, 0.15) is 5.82 Å². The van der Waals surface area contributed by atoms with Crippen molar-refractivity contribution in [2.45, 2.75) is 12.2 Å². The Morgan fingerprint density at radius 3 is 2.89 bits per heavy atom. The number of carbonyl (C=O) groups excluding carboxylic acids is 1. The third kappa shape index (κ3) is 3.04. The fourth-order valence-electron chi connectivity index (χ4n) is 1.96. The SMILES string of the molecule is CC1CN(C(=O)c2ccc([N+](=O)[O-])cc2F)CCS1. The monoisotopic (exact) mass is 284 g/mol. The highest BCUT2D eigenvalue weighted by molar-refractivity contribution is 7.99. The van der Waals surface area contributed by atoms with Crippen molar-refractivity contribution in [2.24, 2.45) is 0 Å². The highest BCUT2D eigenvalue weighted by atomic mass is 32.2. The third-order valence-electron chi connectivity index (χ3n) is 2.92. The summed E-state index contributed by atoms with van der Waals surface area (Å²) in [5, 5.41) is 10.8. The summed E-state index contributed by atoms with van der Waals surface area (Å²) in [4.78, 5) is 23.6. The van der Waals surface area contributed by atoms with E-state index >= 15 is 0 Å². The average Bonchev–Trinajstić information content (AvgIpc) is 2.37. The number of nitro benzene ring substituents is 1. The number of carbonyl (C=O) groups is 1. The van der Waals surface area contributed by atoms with Gasteiger partial charge in [-0.3, -0.25) is 14.9 Å². The zero-order valence-electron chi connectivity index (χ0n) is 10.3. The van der Waals surface area contributed by atoms with E-state index in [0.717, 1.165) is 17.9 Å². The Hall–Kier alpha value is -1.63. The van der Waals surface area contributed by atoms with E-state index in [0.29, 0.717) is 18.3 Å². The van der Waals surface area contributed by atoms with E-state index < -0.39 is 16.6 Å². The minimum atomic E-state index is -0.843. The zero-order valence-corrected chi connectivity index (χ0v) is 11.2. The van der Waals surface area contributed by atoms with Gasteiger partial charge in [0, 0.05) is 30.2 Å². The fraction of sp³-hybridized carbons (Fsp3) is 0.417. The average molecular weight is 284 g/mol. The molecule has 19 heavy (non-hydrogen) atoms. The van der Waals surface area contributed by atoms with Crippen molar-refractivity contribution in [3.05, 3.63) is 39.7 Å². The van der Waals surface area contributed by atoms with Gasteiger partial charge in [-0.2, -0.15) is 11.8 Å². The van der Waals surface area contributed by atoms with Crippen molar-refractivity contribution in [3.63, 3.8) is 0 Å². The lowest BCUT2D eigenvalue weighted by atomic mass is 10.1. The summed E-state index contributed by atoms with van der Waals surface area (Å²) >= 11 is 1.77. The number of nitro groups is 1. The van der Waals surface area contributed by atoms with Gasteiger partial charge in [0.25, 0.3) is 11.6 Å². The van der Waals surface area contributed by atoms with Crippen molar-refractivity contribution < 1.29 is 14.1 Å². The topological polar surface area (TPSA) is 63.5 Å². The van der Waals surface area contributed by atoms with Gasteiger partial charge >= 0.3 is 0 Å². The summed E-state index contributed by atoms with van der Waals surface area (Å²) < 4.78 is 13.8. The molecule has 1 unspecified atom stereocenters. The van der Waals surface area contributed by atoms with Gasteiger partial charge in [-0.1, -0.05) is 6.92 Å². The van der Waals surface area contributed by atoms with Crippen LogP contribution in [0.15, 0.2) is 18.2 Å². The lowest BCUT2D eigenvalue weighted by Gasteiger charge is -2.30. The number of thioether (sulfide) groups is 1. The molecular formula is C12H13FN2O3S. The largest absolute Gasteiger partial charge is 0.337 e. The van der Waals surface area contributed by atoms with Gasteiger partial charge < -0.3 is 4.90 Å². The maximum Gasteiger partial charge on any atom is 0.272 e. The van der Waals surface area contributed by atoms with Gasteiger partial charge in [0.05, 0.1) is 16.6 Å². The number of hydrogen-bond donors (Lipinski definition) is 0. The Labute approximate surface area is 113 Å². The molecule has 1 aromatic rings. The minimum Gasteiger partial charge on any atom is -0.337 e. The van der Waals surface area contributed by atoms with Crippen LogP contribution in [0.4, 0.5) is 10.1 Å². The summed E-state index contributed by atoms with van der Waals surface area (Å²) in [6.45, 7) is 3.15. The number of rotatable bonds is 2. The molecular weight excluding hydrogens is 271 g/mol. The van der Waals surface area contributed by atoms with Crippen molar-refractivity contribution >= 4 is 23.4 Å². The standard InChI is InChI=1S/C12H13FN2O3S/c1-8-7-14(4-5-19-8)12(16)10-3-2-9(15(17)18)6-11(10)13/h2-3,6,8H,4-5,7H2,1H3. The lowest BCUT2D eigenvalue weighted by Crippen LogP contribution is -2.41. The molecule has 1 saturated heterocycles. The van der Waals surface area contributed by atoms with Crippen molar-refractivity contribution in [3.8, 4) is 0 Å². The molecule has 1 aliphatic heterocycles. The zero-order chi connectivity index (χ0) is 14.0. The Morgan fingerprint density at radius 1 is 1.58 bits per heavy atom.